The van der Waals surface area contributed by atoms with Crippen LogP contribution >= 0.6 is 0 Å². The second-order valence-electron chi connectivity index (χ2n) is 10.1. The third kappa shape index (κ3) is 4.26. The first-order valence-corrected chi connectivity index (χ1v) is 11.7. The van der Waals surface area contributed by atoms with Gasteiger partial charge in [-0.05, 0) is 61.5 Å². The summed E-state index contributed by atoms with van der Waals surface area (Å²) in [6.07, 6.45) is 7.88. The summed E-state index contributed by atoms with van der Waals surface area (Å²) in [5.74, 6) is 0.438. The fourth-order valence-corrected chi connectivity index (χ4v) is 5.54. The Balaban J connectivity index is 1.89. The molecule has 3 nitrogen and oxygen atoms in total. The highest BCUT2D eigenvalue weighted by Gasteiger charge is 2.50. The van der Waals surface area contributed by atoms with Crippen LogP contribution in [0.3, 0.4) is 0 Å². The smallest absolute Gasteiger partial charge is 0.323 e. The number of esters is 1. The molecule has 0 amide bonds. The third-order valence-electron chi connectivity index (χ3n) is 7.67. The number of hydrogen-bond acceptors (Lipinski definition) is 3. The van der Waals surface area contributed by atoms with E-state index < -0.39 is 5.41 Å². The summed E-state index contributed by atoms with van der Waals surface area (Å²) in [6, 6.07) is 10.5. The number of hydrogen-bond donors (Lipinski definition) is 0. The molecule has 1 aromatic carbocycles. The van der Waals surface area contributed by atoms with E-state index in [4.69, 9.17) is 4.74 Å². The number of carbonyl (C=O) groups is 2. The van der Waals surface area contributed by atoms with E-state index in [1.165, 1.54) is 5.56 Å². The molecule has 2 aliphatic rings. The minimum atomic E-state index is -1.11. The first-order chi connectivity index (χ1) is 14.2. The first kappa shape index (κ1) is 22.8. The molecule has 1 aromatic rings. The molecule has 0 bridgehead atoms. The van der Waals surface area contributed by atoms with E-state index in [9.17, 15) is 9.59 Å². The van der Waals surface area contributed by atoms with E-state index >= 15 is 0 Å². The van der Waals surface area contributed by atoms with Crippen molar-refractivity contribution in [2.24, 2.45) is 17.3 Å². The molecule has 3 rings (SSSR count). The Labute approximate surface area is 182 Å². The van der Waals surface area contributed by atoms with Gasteiger partial charge >= 0.3 is 5.97 Å². The fraction of sp³-hybridized carbons (Fsp3) is 0.630. The minimum absolute atomic E-state index is 0.0150. The molecule has 2 saturated carbocycles. The molecule has 0 unspecified atom stereocenters. The van der Waals surface area contributed by atoms with Crippen molar-refractivity contribution in [3.8, 4) is 0 Å². The lowest BCUT2D eigenvalue weighted by atomic mass is 9.64. The summed E-state index contributed by atoms with van der Waals surface area (Å²) in [5.41, 5.74) is 1.01. The van der Waals surface area contributed by atoms with Crippen LogP contribution in [0.4, 0.5) is 0 Å². The van der Waals surface area contributed by atoms with E-state index in [-0.39, 0.29) is 29.2 Å². The lowest BCUT2D eigenvalue weighted by molar-refractivity contribution is -0.169. The molecule has 0 aromatic heterocycles. The van der Waals surface area contributed by atoms with Gasteiger partial charge in [0.15, 0.2) is 5.78 Å². The van der Waals surface area contributed by atoms with Crippen molar-refractivity contribution in [2.45, 2.75) is 91.1 Å². The van der Waals surface area contributed by atoms with Crippen LogP contribution in [0.1, 0.15) is 85.1 Å². The highest BCUT2D eigenvalue weighted by molar-refractivity contribution is 6.07. The number of allylic oxidation sites excluding steroid dienone is 1. The lowest BCUT2D eigenvalue weighted by Gasteiger charge is -2.45. The third-order valence-corrected chi connectivity index (χ3v) is 7.67. The molecule has 0 aliphatic heterocycles. The Morgan fingerprint density at radius 2 is 1.90 bits per heavy atom. The molecule has 30 heavy (non-hydrogen) atoms. The molecular weight excluding hydrogens is 372 g/mol. The van der Waals surface area contributed by atoms with Crippen molar-refractivity contribution in [2.75, 3.05) is 0 Å². The van der Waals surface area contributed by atoms with Crippen LogP contribution in [0.5, 0.6) is 0 Å². The number of Topliss-reactive ketones (excluding diaryl/α,β-unsaturated/α-hetero) is 1. The van der Waals surface area contributed by atoms with E-state index in [1.807, 2.05) is 6.07 Å². The number of ketones is 1. The molecule has 0 N–H and O–H groups in total. The van der Waals surface area contributed by atoms with Gasteiger partial charge < -0.3 is 4.74 Å². The summed E-state index contributed by atoms with van der Waals surface area (Å²) >= 11 is 0. The van der Waals surface area contributed by atoms with E-state index in [0.717, 1.165) is 44.1 Å². The topological polar surface area (TPSA) is 43.4 Å². The molecule has 0 spiro atoms. The van der Waals surface area contributed by atoms with Crippen LogP contribution in [-0.4, -0.2) is 17.9 Å². The average Bonchev–Trinajstić information content (AvgIpc) is 2.72. The predicted molar refractivity (Wildman–Crippen MR) is 121 cm³/mol. The fourth-order valence-electron chi connectivity index (χ4n) is 5.54. The average molecular weight is 411 g/mol. The van der Waals surface area contributed by atoms with E-state index in [2.05, 4.69) is 58.0 Å². The number of carbonyl (C=O) groups excluding carboxylic acids is 2. The normalized spacial score (nSPS) is 31.6. The summed E-state index contributed by atoms with van der Waals surface area (Å²) < 4.78 is 6.27. The minimum Gasteiger partial charge on any atom is -0.461 e. The highest BCUT2D eigenvalue weighted by atomic mass is 16.5. The van der Waals surface area contributed by atoms with Gasteiger partial charge in [0.25, 0.3) is 0 Å². The Kier molecular flexibility index (Phi) is 6.89. The van der Waals surface area contributed by atoms with Gasteiger partial charge in [-0.3, -0.25) is 9.59 Å². The summed E-state index contributed by atoms with van der Waals surface area (Å²) in [6.45, 7) is 10.6. The molecule has 164 valence electrons. The predicted octanol–water partition coefficient (Wildman–Crippen LogP) is 6.41. The first-order valence-electron chi connectivity index (χ1n) is 11.7. The van der Waals surface area contributed by atoms with Gasteiger partial charge in [-0.25, -0.2) is 0 Å². The Hall–Kier alpha value is -1.90. The summed E-state index contributed by atoms with van der Waals surface area (Å²) in [4.78, 5) is 26.4. The van der Waals surface area contributed by atoms with Crippen molar-refractivity contribution in [3.05, 3.63) is 47.5 Å². The Morgan fingerprint density at radius 3 is 2.57 bits per heavy atom. The Bertz CT molecular complexity index is 792. The molecular formula is C27H38O3. The monoisotopic (exact) mass is 410 g/mol. The van der Waals surface area contributed by atoms with Crippen LogP contribution in [0.25, 0.3) is 0 Å². The van der Waals surface area contributed by atoms with Crippen LogP contribution in [0.2, 0.25) is 0 Å². The maximum atomic E-state index is 13.5. The molecule has 0 heterocycles. The van der Waals surface area contributed by atoms with Gasteiger partial charge in [-0.2, -0.15) is 0 Å². The maximum absolute atomic E-state index is 13.5. The van der Waals surface area contributed by atoms with Gasteiger partial charge in [-0.1, -0.05) is 70.5 Å². The maximum Gasteiger partial charge on any atom is 0.323 e. The van der Waals surface area contributed by atoms with Crippen LogP contribution in [0, 0.1) is 17.3 Å². The van der Waals surface area contributed by atoms with Gasteiger partial charge in [0.05, 0.1) is 0 Å². The molecule has 2 aliphatic carbocycles. The number of rotatable bonds is 5. The van der Waals surface area contributed by atoms with Crippen molar-refractivity contribution < 1.29 is 14.3 Å². The van der Waals surface area contributed by atoms with Crippen LogP contribution < -0.4 is 0 Å². The quantitative estimate of drug-likeness (QED) is 0.320. The van der Waals surface area contributed by atoms with E-state index in [0.29, 0.717) is 12.3 Å². The second kappa shape index (κ2) is 9.08. The zero-order valence-electron chi connectivity index (χ0n) is 19.4. The van der Waals surface area contributed by atoms with E-state index in [1.54, 1.807) is 6.92 Å². The molecule has 0 radical (unpaired) electrons. The molecule has 3 heteroatoms. The van der Waals surface area contributed by atoms with Gasteiger partial charge in [-0.15, -0.1) is 0 Å². The van der Waals surface area contributed by atoms with Gasteiger partial charge in [0.1, 0.15) is 11.5 Å². The van der Waals surface area contributed by atoms with Crippen molar-refractivity contribution in [3.63, 3.8) is 0 Å². The zero-order chi connectivity index (χ0) is 21.9. The molecule has 0 saturated heterocycles. The van der Waals surface area contributed by atoms with Crippen LogP contribution in [0.15, 0.2) is 42.0 Å². The Morgan fingerprint density at radius 1 is 1.20 bits per heavy atom. The molecule has 2 fully saturated rings. The number of benzene rings is 1. The standard InChI is InChI=1S/C27H38O3/c1-6-11-21-14-10-15-24(28)27(21,5)25(29)30-23-18-19(2)16-17-22(23)26(3,4)20-12-8-7-9-13-20/h7-9,11-13,19,22-23H,6,10,14-18H2,1-5H3/b21-11+/t19-,22-,23-,27-/m1/s1. The van der Waals surface area contributed by atoms with Gasteiger partial charge in [0.2, 0.25) is 0 Å². The number of ether oxygens (including phenoxy) is 1. The summed E-state index contributed by atoms with van der Waals surface area (Å²) in [5, 5.41) is 0. The highest BCUT2D eigenvalue weighted by Crippen LogP contribution is 2.46. The van der Waals surface area contributed by atoms with Crippen molar-refractivity contribution in [1.82, 2.24) is 0 Å². The largest absolute Gasteiger partial charge is 0.461 e. The lowest BCUT2D eigenvalue weighted by Crippen LogP contribution is -2.48. The second-order valence-corrected chi connectivity index (χ2v) is 10.1. The molecule has 4 atom stereocenters. The summed E-state index contributed by atoms with van der Waals surface area (Å²) in [7, 11) is 0. The van der Waals surface area contributed by atoms with Crippen molar-refractivity contribution >= 4 is 11.8 Å². The SMILES string of the molecule is CC/C=C1\CCCC(=O)[C@]1(C)C(=O)O[C@@H]1C[C@H](C)CC[C@H]1C(C)(C)c1ccccc1. The van der Waals surface area contributed by atoms with Crippen LogP contribution in [-0.2, 0) is 19.7 Å². The van der Waals surface area contributed by atoms with Gasteiger partial charge in [0, 0.05) is 12.3 Å². The zero-order valence-corrected chi connectivity index (χ0v) is 19.4. The van der Waals surface area contributed by atoms with Crippen molar-refractivity contribution in [1.29, 1.82) is 0 Å².